The van der Waals surface area contributed by atoms with Crippen molar-refractivity contribution >= 4 is 55.1 Å². The Hall–Kier alpha value is -2.21. The van der Waals surface area contributed by atoms with E-state index in [1.165, 1.54) is 0 Å². The van der Waals surface area contributed by atoms with Gasteiger partial charge in [0.1, 0.15) is 0 Å². The second-order valence-electron chi connectivity index (χ2n) is 7.74. The number of rotatable bonds is 6. The zero-order valence-corrected chi connectivity index (χ0v) is 25.9. The Bertz CT molecular complexity index is 1420. The van der Waals surface area contributed by atoms with E-state index in [1.54, 1.807) is 0 Å². The van der Waals surface area contributed by atoms with Gasteiger partial charge in [0.2, 0.25) is 0 Å². The standard InChI is InChI=1S/C15BBr3F18N6O3.Cu/c17-1-4(10(20,21)22)38-41(7(1)13(29,30)31)44-16(45-42-8(14(32,33)34)2(18)5(39-42)11(23,24)25)46-43-9(15(35,36)37)3(19)6(40-43)12(26,27)28;. The maximum Gasteiger partial charge on any atom is 0.929 e. The molecule has 269 valence electrons. The SMILES string of the molecule is FC(F)(F)c1nn(OB(On2nc(C(F)(F)F)c(Br)c2C(F)(F)F)On2nc(C(F)(F)F)c(Br)c2C(F)(F)F)c(C(F)(F)F)c1Br.[Cu]. The molecule has 32 heteroatoms. The number of hydrogen-bond donors (Lipinski definition) is 0. The van der Waals surface area contributed by atoms with Crippen LogP contribution >= 0.6 is 47.8 Å². The van der Waals surface area contributed by atoms with Crippen molar-refractivity contribution in [3.63, 3.8) is 0 Å². The molecule has 47 heavy (non-hydrogen) atoms. The minimum atomic E-state index is -6.00. The molecule has 0 N–H and O–H groups in total. The van der Waals surface area contributed by atoms with Crippen molar-refractivity contribution in [1.82, 2.24) is 29.8 Å². The summed E-state index contributed by atoms with van der Waals surface area (Å²) in [5, 5.41) is 6.89. The van der Waals surface area contributed by atoms with Gasteiger partial charge in [0.15, 0.2) is 34.2 Å². The van der Waals surface area contributed by atoms with Gasteiger partial charge in [0.05, 0.1) is 13.4 Å². The summed E-state index contributed by atoms with van der Waals surface area (Å²) in [6.07, 6.45) is -35.4. The molecule has 9 nitrogen and oxygen atoms in total. The Labute approximate surface area is 279 Å². The van der Waals surface area contributed by atoms with Gasteiger partial charge >= 0.3 is 44.4 Å². The van der Waals surface area contributed by atoms with Crippen LogP contribution in [-0.2, 0) is 54.1 Å². The molecule has 0 unspecified atom stereocenters. The zero-order valence-electron chi connectivity index (χ0n) is 20.2. The molecule has 0 aromatic carbocycles. The van der Waals surface area contributed by atoms with Crippen molar-refractivity contribution in [2.45, 2.75) is 37.1 Å². The number of alkyl halides is 18. The second kappa shape index (κ2) is 12.9. The van der Waals surface area contributed by atoms with Crippen LogP contribution in [0.25, 0.3) is 0 Å². The summed E-state index contributed by atoms with van der Waals surface area (Å²) in [6, 6.07) is 0. The first-order valence-corrected chi connectivity index (χ1v) is 12.5. The normalized spacial score (nSPS) is 13.5. The third kappa shape index (κ3) is 8.70. The Kier molecular flexibility index (Phi) is 11.3. The average Bonchev–Trinajstić information content (AvgIpc) is 3.42. The molecule has 0 saturated carbocycles. The molecule has 0 spiro atoms. The summed E-state index contributed by atoms with van der Waals surface area (Å²) in [7, 11) is -3.96. The van der Waals surface area contributed by atoms with E-state index in [4.69, 9.17) is 0 Å². The quantitative estimate of drug-likeness (QED) is 0.190. The van der Waals surface area contributed by atoms with Crippen LogP contribution in [0.2, 0.25) is 0 Å². The van der Waals surface area contributed by atoms with Crippen LogP contribution in [0.15, 0.2) is 13.4 Å². The molecular formula is C15BBr3CuF18N6O3. The first kappa shape index (κ1) is 41.0. The van der Waals surface area contributed by atoms with E-state index in [0.29, 0.717) is 0 Å². The van der Waals surface area contributed by atoms with Crippen molar-refractivity contribution in [3.8, 4) is 0 Å². The van der Waals surface area contributed by atoms with Crippen molar-refractivity contribution in [1.29, 1.82) is 0 Å². The zero-order chi connectivity index (χ0) is 35.7. The minimum absolute atomic E-state index is 0. The largest absolute Gasteiger partial charge is 0.929 e. The molecule has 0 aliphatic rings. The molecule has 3 aromatic heterocycles. The van der Waals surface area contributed by atoms with Crippen molar-refractivity contribution in [2.24, 2.45) is 0 Å². The Balaban J connectivity index is 0.00000768. The summed E-state index contributed by atoms with van der Waals surface area (Å²) >= 11 is 5.59. The van der Waals surface area contributed by atoms with Gasteiger partial charge in [0.25, 0.3) is 0 Å². The first-order chi connectivity index (χ1) is 20.4. The molecule has 3 heterocycles. The van der Waals surface area contributed by atoms with Crippen LogP contribution in [-0.4, -0.2) is 37.2 Å². The van der Waals surface area contributed by atoms with Crippen molar-refractivity contribution < 1.29 is 110 Å². The van der Waals surface area contributed by atoms with E-state index < -0.39 is 106 Å². The molecule has 3 rings (SSSR count). The van der Waals surface area contributed by atoms with E-state index in [9.17, 15) is 79.0 Å². The molecule has 0 bridgehead atoms. The van der Waals surface area contributed by atoms with Crippen LogP contribution in [0.5, 0.6) is 0 Å². The molecule has 1 radical (unpaired) electrons. The van der Waals surface area contributed by atoms with Crippen molar-refractivity contribution in [3.05, 3.63) is 47.6 Å². The van der Waals surface area contributed by atoms with Crippen molar-refractivity contribution in [2.75, 3.05) is 0 Å². The third-order valence-corrected chi connectivity index (χ3v) is 6.82. The summed E-state index contributed by atoms with van der Waals surface area (Å²) in [5.74, 6) is 0. The Morgan fingerprint density at radius 3 is 0.745 bits per heavy atom. The molecular weight excluding hydrogens is 968 g/mol. The van der Waals surface area contributed by atoms with E-state index >= 15 is 0 Å². The average molecular weight is 968 g/mol. The molecule has 0 aliphatic carbocycles. The summed E-state index contributed by atoms with van der Waals surface area (Å²) in [6.45, 7) is 0. The fourth-order valence-electron chi connectivity index (χ4n) is 2.92. The molecule has 0 atom stereocenters. The van der Waals surface area contributed by atoms with Gasteiger partial charge in [-0.25, -0.2) is 0 Å². The first-order valence-electron chi connectivity index (χ1n) is 10.2. The van der Waals surface area contributed by atoms with Crippen LogP contribution in [0.4, 0.5) is 79.0 Å². The molecule has 0 aliphatic heterocycles. The van der Waals surface area contributed by atoms with Crippen LogP contribution in [0.3, 0.4) is 0 Å². The van der Waals surface area contributed by atoms with Crippen LogP contribution in [0.1, 0.15) is 34.2 Å². The van der Waals surface area contributed by atoms with E-state index in [0.717, 1.165) is 0 Å². The minimum Gasteiger partial charge on any atom is -0.379 e. The smallest absolute Gasteiger partial charge is 0.379 e. The second-order valence-corrected chi connectivity index (χ2v) is 10.1. The maximum absolute atomic E-state index is 13.6. The van der Waals surface area contributed by atoms with Gasteiger partial charge in [0, 0.05) is 17.1 Å². The van der Waals surface area contributed by atoms with Gasteiger partial charge in [-0.1, -0.05) is 0 Å². The number of halogens is 21. The molecule has 0 saturated heterocycles. The summed E-state index contributed by atoms with van der Waals surface area (Å²) in [5.41, 5.74) is -15.6. The summed E-state index contributed by atoms with van der Waals surface area (Å²) in [4.78, 5) is -3.99. The predicted octanol–water partition coefficient (Wildman–Crippen LogP) is 7.35. The third-order valence-electron chi connectivity index (χ3n) is 4.56. The maximum atomic E-state index is 13.6. The Morgan fingerprint density at radius 1 is 0.404 bits per heavy atom. The topological polar surface area (TPSA) is 81.1 Å². The van der Waals surface area contributed by atoms with E-state index in [-0.39, 0.29) is 17.1 Å². The number of hydrogen-bond acceptors (Lipinski definition) is 6. The van der Waals surface area contributed by atoms with Crippen LogP contribution in [0, 0.1) is 0 Å². The van der Waals surface area contributed by atoms with E-state index in [1.807, 2.05) is 47.8 Å². The predicted molar refractivity (Wildman–Crippen MR) is 115 cm³/mol. The molecule has 3 aromatic rings. The number of aromatic nitrogens is 6. The van der Waals surface area contributed by atoms with Gasteiger partial charge in [-0.3, -0.25) is 0 Å². The monoisotopic (exact) mass is 965 g/mol. The van der Waals surface area contributed by atoms with Gasteiger partial charge < -0.3 is 14.3 Å². The fraction of sp³-hybridized carbons (Fsp3) is 0.400. The fourth-order valence-corrected chi connectivity index (χ4v) is 4.96. The van der Waals surface area contributed by atoms with Gasteiger partial charge in [-0.15, -0.1) is 29.8 Å². The van der Waals surface area contributed by atoms with Gasteiger partial charge in [-0.05, 0) is 47.8 Å². The van der Waals surface area contributed by atoms with E-state index in [2.05, 4.69) is 29.6 Å². The van der Waals surface area contributed by atoms with Crippen LogP contribution < -0.4 is 14.3 Å². The molecule has 0 fully saturated rings. The number of nitrogens with zero attached hydrogens (tertiary/aromatic N) is 6. The molecule has 0 amide bonds. The Morgan fingerprint density at radius 2 is 0.596 bits per heavy atom. The van der Waals surface area contributed by atoms with Gasteiger partial charge in [-0.2, -0.15) is 79.0 Å². The summed E-state index contributed by atoms with van der Waals surface area (Å²) < 4.78 is 248.